The Kier molecular flexibility index (Phi) is 10.1. The Bertz CT molecular complexity index is 1140. The quantitative estimate of drug-likeness (QED) is 0.286. The lowest BCUT2D eigenvalue weighted by atomic mass is 10.0. The molecule has 2 aromatic rings. The van der Waals surface area contributed by atoms with E-state index in [4.69, 9.17) is 16.9 Å². The number of terminal acetylenes is 1. The van der Waals surface area contributed by atoms with E-state index in [2.05, 4.69) is 16.7 Å². The van der Waals surface area contributed by atoms with Gasteiger partial charge in [0.25, 0.3) is 5.91 Å². The molecular formula is C27H32N4O6. The molecule has 10 nitrogen and oxygen atoms in total. The number of nitrogens with zero attached hydrogens (tertiary/aromatic N) is 1. The van der Waals surface area contributed by atoms with Crippen LogP contribution in [0.2, 0.25) is 0 Å². The number of hydrogen-bond donors (Lipinski definition) is 4. The third-order valence-electron chi connectivity index (χ3n) is 5.07. The van der Waals surface area contributed by atoms with Crippen molar-refractivity contribution in [2.75, 3.05) is 0 Å². The molecule has 5 N–H and O–H groups in total. The second kappa shape index (κ2) is 13.0. The zero-order valence-corrected chi connectivity index (χ0v) is 21.1. The summed E-state index contributed by atoms with van der Waals surface area (Å²) < 4.78 is 5.24. The van der Waals surface area contributed by atoms with Crippen LogP contribution in [0.5, 0.6) is 5.75 Å². The molecule has 10 heteroatoms. The van der Waals surface area contributed by atoms with Crippen molar-refractivity contribution in [2.24, 2.45) is 5.73 Å². The molecule has 0 radical (unpaired) electrons. The van der Waals surface area contributed by atoms with E-state index in [0.29, 0.717) is 5.56 Å². The van der Waals surface area contributed by atoms with Crippen LogP contribution in [0.15, 0.2) is 54.6 Å². The summed E-state index contributed by atoms with van der Waals surface area (Å²) in [5.74, 6) is -2.14. The number of alkyl carbamates (subject to hydrolysis) is 1. The smallest absolute Gasteiger partial charge is 0.408 e. The first-order valence-corrected chi connectivity index (χ1v) is 11.6. The molecule has 0 aliphatic heterocycles. The fourth-order valence-corrected chi connectivity index (χ4v) is 3.38. The molecule has 196 valence electrons. The molecule has 0 aliphatic rings. The molecule has 2 unspecified atom stereocenters. The largest absolute Gasteiger partial charge is 0.508 e. The maximum atomic E-state index is 13.6. The molecule has 37 heavy (non-hydrogen) atoms. The summed E-state index contributed by atoms with van der Waals surface area (Å²) in [5, 5.41) is 14.9. The Hall–Kier alpha value is -4.52. The van der Waals surface area contributed by atoms with Crippen LogP contribution in [0, 0.1) is 12.5 Å². The summed E-state index contributed by atoms with van der Waals surface area (Å²) in [5.41, 5.74) is 5.55. The first-order chi connectivity index (χ1) is 17.4. The highest BCUT2D eigenvalue weighted by Crippen LogP contribution is 2.25. The number of nitrogens with one attached hydrogen (secondary N) is 2. The van der Waals surface area contributed by atoms with Gasteiger partial charge in [-0.05, 0) is 50.5 Å². The maximum Gasteiger partial charge on any atom is 0.408 e. The predicted octanol–water partition coefficient (Wildman–Crippen LogP) is 2.33. The Labute approximate surface area is 216 Å². The average molecular weight is 509 g/mol. The standard InChI is InChI=1S/C27H32N4O6/c1-5-31(25(35)21(15-16-22(28)33)30-26(36)37-27(2,3)4)23(19-11-13-20(32)14-12-19)24(34)29-17-18-9-7-6-8-10-18/h1,6-14,21,23,32H,15-17H2,2-4H3,(H2,28,33)(H,29,34)(H,30,36). The van der Waals surface area contributed by atoms with Gasteiger partial charge >= 0.3 is 6.09 Å². The lowest BCUT2D eigenvalue weighted by Gasteiger charge is -2.30. The molecule has 0 saturated carbocycles. The zero-order valence-electron chi connectivity index (χ0n) is 21.1. The Morgan fingerprint density at radius 1 is 1.08 bits per heavy atom. The van der Waals surface area contributed by atoms with Crippen molar-refractivity contribution < 1.29 is 29.0 Å². The zero-order chi connectivity index (χ0) is 27.6. The molecule has 0 aromatic heterocycles. The van der Waals surface area contributed by atoms with Crippen molar-refractivity contribution in [2.45, 2.75) is 57.8 Å². The van der Waals surface area contributed by atoms with Crippen LogP contribution in [-0.4, -0.2) is 45.5 Å². The molecule has 0 aliphatic carbocycles. The van der Waals surface area contributed by atoms with Crippen LogP contribution >= 0.6 is 0 Å². The van der Waals surface area contributed by atoms with Gasteiger partial charge in [-0.3, -0.25) is 19.3 Å². The molecule has 0 fully saturated rings. The summed E-state index contributed by atoms with van der Waals surface area (Å²) in [6.07, 6.45) is 4.41. The molecule has 4 amide bonds. The normalized spacial score (nSPS) is 12.4. The van der Waals surface area contributed by atoms with Gasteiger partial charge < -0.3 is 26.2 Å². The SMILES string of the molecule is C#CN(C(=O)C(CCC(N)=O)NC(=O)OC(C)(C)C)C(C(=O)NCc1ccccc1)c1ccc(O)cc1. The van der Waals surface area contributed by atoms with Gasteiger partial charge in [-0.25, -0.2) is 4.79 Å². The van der Waals surface area contributed by atoms with E-state index in [9.17, 15) is 24.3 Å². The van der Waals surface area contributed by atoms with Gasteiger partial charge in [0, 0.05) is 19.0 Å². The van der Waals surface area contributed by atoms with Crippen molar-refractivity contribution >= 4 is 23.8 Å². The number of hydrogen-bond acceptors (Lipinski definition) is 6. The van der Waals surface area contributed by atoms with E-state index < -0.39 is 41.5 Å². The minimum absolute atomic E-state index is 0.0447. The highest BCUT2D eigenvalue weighted by Gasteiger charge is 2.36. The Balaban J connectivity index is 2.38. The van der Waals surface area contributed by atoms with E-state index in [-0.39, 0.29) is 25.1 Å². The number of ether oxygens (including phenoxy) is 1. The highest BCUT2D eigenvalue weighted by atomic mass is 16.6. The fourth-order valence-electron chi connectivity index (χ4n) is 3.38. The van der Waals surface area contributed by atoms with Crippen LogP contribution in [-0.2, 0) is 25.7 Å². The summed E-state index contributed by atoms with van der Waals surface area (Å²) in [6.45, 7) is 5.12. The second-order valence-electron chi connectivity index (χ2n) is 9.24. The van der Waals surface area contributed by atoms with E-state index in [1.165, 1.54) is 24.3 Å². The molecule has 0 saturated heterocycles. The summed E-state index contributed by atoms with van der Waals surface area (Å²) in [6, 6.07) is 14.4. The van der Waals surface area contributed by atoms with Crippen molar-refractivity contribution in [1.82, 2.24) is 15.5 Å². The molecule has 2 aromatic carbocycles. The molecule has 0 spiro atoms. The van der Waals surface area contributed by atoms with Gasteiger partial charge in [0.1, 0.15) is 23.4 Å². The number of carbonyl (C=O) groups excluding carboxylic acids is 4. The third kappa shape index (κ3) is 9.22. The minimum atomic E-state index is -1.31. The summed E-state index contributed by atoms with van der Waals surface area (Å²) in [7, 11) is 0. The monoisotopic (exact) mass is 508 g/mol. The maximum absolute atomic E-state index is 13.6. The van der Waals surface area contributed by atoms with E-state index >= 15 is 0 Å². The van der Waals surface area contributed by atoms with Gasteiger partial charge in [-0.15, -0.1) is 0 Å². The first kappa shape index (κ1) is 28.7. The number of carbonyl (C=O) groups is 4. The van der Waals surface area contributed by atoms with Crippen molar-refractivity contribution in [3.8, 4) is 18.2 Å². The van der Waals surface area contributed by atoms with Crippen molar-refractivity contribution in [1.29, 1.82) is 0 Å². The van der Waals surface area contributed by atoms with Crippen LogP contribution in [0.3, 0.4) is 0 Å². The first-order valence-electron chi connectivity index (χ1n) is 11.6. The minimum Gasteiger partial charge on any atom is -0.508 e. The van der Waals surface area contributed by atoms with Gasteiger partial charge in [0.05, 0.1) is 0 Å². The topological polar surface area (TPSA) is 151 Å². The Morgan fingerprint density at radius 2 is 1.70 bits per heavy atom. The molecular weight excluding hydrogens is 476 g/mol. The van der Waals surface area contributed by atoms with Crippen LogP contribution in [0.4, 0.5) is 4.79 Å². The number of amides is 4. The van der Waals surface area contributed by atoms with Crippen LogP contribution in [0.1, 0.15) is 50.8 Å². The van der Waals surface area contributed by atoms with Crippen molar-refractivity contribution in [3.63, 3.8) is 0 Å². The Morgan fingerprint density at radius 3 is 2.24 bits per heavy atom. The number of nitrogens with two attached hydrogens (primary N) is 1. The van der Waals surface area contributed by atoms with Gasteiger partial charge in [0.2, 0.25) is 11.8 Å². The van der Waals surface area contributed by atoms with Gasteiger partial charge in [0.15, 0.2) is 0 Å². The number of primary amides is 1. The number of aromatic hydroxyl groups is 1. The molecule has 0 bridgehead atoms. The van der Waals surface area contributed by atoms with E-state index in [1.54, 1.807) is 20.8 Å². The number of benzene rings is 2. The van der Waals surface area contributed by atoms with E-state index in [1.807, 2.05) is 30.3 Å². The lowest BCUT2D eigenvalue weighted by Crippen LogP contribution is -2.51. The predicted molar refractivity (Wildman–Crippen MR) is 136 cm³/mol. The van der Waals surface area contributed by atoms with Gasteiger partial charge in [-0.2, -0.15) is 0 Å². The lowest BCUT2D eigenvalue weighted by molar-refractivity contribution is -0.139. The van der Waals surface area contributed by atoms with E-state index in [0.717, 1.165) is 10.5 Å². The summed E-state index contributed by atoms with van der Waals surface area (Å²) in [4.78, 5) is 51.6. The molecule has 2 rings (SSSR count). The molecule has 0 heterocycles. The molecule has 2 atom stereocenters. The fraction of sp³-hybridized carbons (Fsp3) is 0.333. The summed E-state index contributed by atoms with van der Waals surface area (Å²) >= 11 is 0. The average Bonchev–Trinajstić information content (AvgIpc) is 2.83. The van der Waals surface area contributed by atoms with Crippen LogP contribution in [0.25, 0.3) is 0 Å². The van der Waals surface area contributed by atoms with Crippen molar-refractivity contribution in [3.05, 3.63) is 65.7 Å². The number of phenols is 1. The van der Waals surface area contributed by atoms with Crippen LogP contribution < -0.4 is 16.4 Å². The number of phenolic OH excluding ortho intramolecular Hbond substituents is 1. The number of rotatable bonds is 10. The highest BCUT2D eigenvalue weighted by molar-refractivity contribution is 5.93. The third-order valence-corrected chi connectivity index (χ3v) is 5.07. The second-order valence-corrected chi connectivity index (χ2v) is 9.24. The van der Waals surface area contributed by atoms with Gasteiger partial charge in [-0.1, -0.05) is 48.9 Å².